The van der Waals surface area contributed by atoms with Crippen LogP contribution in [-0.4, -0.2) is 18.7 Å². The molecule has 0 amide bonds. The highest BCUT2D eigenvalue weighted by molar-refractivity contribution is 6.19. The lowest BCUT2D eigenvalue weighted by atomic mass is 9.63. The summed E-state index contributed by atoms with van der Waals surface area (Å²) in [6.45, 7) is 0.242. The van der Waals surface area contributed by atoms with Gasteiger partial charge in [-0.15, -0.1) is 0 Å². The second-order valence-electron chi connectivity index (χ2n) is 13.6. The van der Waals surface area contributed by atoms with E-state index in [1.165, 1.54) is 64.3 Å². The number of hydrogen-bond acceptors (Lipinski definition) is 3. The molecule has 2 heterocycles. The molecule has 4 heteroatoms. The van der Waals surface area contributed by atoms with E-state index in [1.54, 1.807) is 0 Å². The SMILES string of the molecule is CN(C)c1ccc(C2(c3ccccc3)C=Cc3c4c(c5c6ccccc6n(CC#N)c5c3O2)-c2ccccc2C2CCCCC42)cc1. The molecule has 1 fully saturated rings. The van der Waals surface area contributed by atoms with Gasteiger partial charge in [0.25, 0.3) is 0 Å². The van der Waals surface area contributed by atoms with Crippen LogP contribution in [0.1, 0.15) is 65.3 Å². The van der Waals surface area contributed by atoms with Gasteiger partial charge in [-0.1, -0.05) is 104 Å². The highest BCUT2D eigenvalue weighted by Crippen LogP contribution is 2.60. The third-order valence-electron chi connectivity index (χ3n) is 11.0. The quantitative estimate of drug-likeness (QED) is 0.199. The van der Waals surface area contributed by atoms with Gasteiger partial charge in [-0.2, -0.15) is 5.26 Å². The molecule has 4 nitrogen and oxygen atoms in total. The van der Waals surface area contributed by atoms with E-state index in [4.69, 9.17) is 4.74 Å². The van der Waals surface area contributed by atoms with Crippen molar-refractivity contribution in [1.82, 2.24) is 4.57 Å². The molecule has 3 unspecified atom stereocenters. The highest BCUT2D eigenvalue weighted by atomic mass is 16.5. The largest absolute Gasteiger partial charge is 0.471 e. The van der Waals surface area contributed by atoms with Crippen LogP contribution in [0.2, 0.25) is 0 Å². The fraction of sp³-hybridized carbons (Fsp3) is 0.233. The van der Waals surface area contributed by atoms with E-state index >= 15 is 0 Å². The van der Waals surface area contributed by atoms with Gasteiger partial charge in [0.05, 0.1) is 17.1 Å². The standard InChI is InChI=1S/C43H37N3O/c1-45(2)30-22-20-29(21-23-30)43(28-12-4-3-5-13-28)25-24-36-38-33-16-8-6-14-31(33)32-15-7-9-17-34(32)39(38)40-35-18-10-11-19-37(35)46(27-26-44)41(40)42(36)47-43/h3-5,7,9-13,15,17-25,31,33H,6,8,14,16,27H2,1-2H3. The van der Waals surface area contributed by atoms with Gasteiger partial charge in [-0.05, 0) is 71.2 Å². The molecular weight excluding hydrogens is 574 g/mol. The van der Waals surface area contributed by atoms with Gasteiger partial charge in [0.2, 0.25) is 0 Å². The zero-order chi connectivity index (χ0) is 31.7. The molecule has 47 heavy (non-hydrogen) atoms. The zero-order valence-corrected chi connectivity index (χ0v) is 26.9. The Morgan fingerprint density at radius 3 is 2.32 bits per heavy atom. The number of ether oxygens (including phenoxy) is 1. The molecule has 2 aliphatic carbocycles. The highest BCUT2D eigenvalue weighted by Gasteiger charge is 2.44. The topological polar surface area (TPSA) is 41.2 Å². The van der Waals surface area contributed by atoms with Crippen molar-refractivity contribution in [3.05, 3.63) is 137 Å². The molecule has 0 radical (unpaired) electrons. The number of hydrogen-bond donors (Lipinski definition) is 0. The number of nitrogens with zero attached hydrogens (tertiary/aromatic N) is 3. The first-order valence-corrected chi connectivity index (χ1v) is 16.9. The Morgan fingerprint density at radius 1 is 0.830 bits per heavy atom. The van der Waals surface area contributed by atoms with E-state index in [0.29, 0.717) is 11.8 Å². The van der Waals surface area contributed by atoms with E-state index in [1.807, 2.05) is 0 Å². The number of benzene rings is 5. The molecule has 0 bridgehead atoms. The van der Waals surface area contributed by atoms with E-state index in [-0.39, 0.29) is 6.54 Å². The van der Waals surface area contributed by atoms with Crippen LogP contribution >= 0.6 is 0 Å². The molecule has 0 saturated heterocycles. The zero-order valence-electron chi connectivity index (χ0n) is 26.9. The summed E-state index contributed by atoms with van der Waals surface area (Å²) in [6, 6.07) is 39.5. The molecule has 1 aliphatic heterocycles. The van der Waals surface area contributed by atoms with Crippen LogP contribution in [0.3, 0.4) is 0 Å². The summed E-state index contributed by atoms with van der Waals surface area (Å²) in [7, 11) is 4.14. The Labute approximate surface area is 276 Å². The molecule has 230 valence electrons. The van der Waals surface area contributed by atoms with Gasteiger partial charge in [0.1, 0.15) is 6.54 Å². The summed E-state index contributed by atoms with van der Waals surface area (Å²) in [5.41, 5.74) is 11.3. The fourth-order valence-electron chi connectivity index (χ4n) is 8.94. The Kier molecular flexibility index (Phi) is 6.34. The number of anilines is 1. The van der Waals surface area contributed by atoms with Gasteiger partial charge in [-0.25, -0.2) is 0 Å². The molecule has 3 aliphatic rings. The molecular formula is C43H37N3O. The van der Waals surface area contributed by atoms with Crippen molar-refractivity contribution in [2.75, 3.05) is 19.0 Å². The predicted molar refractivity (Wildman–Crippen MR) is 192 cm³/mol. The second kappa shape index (κ2) is 10.6. The van der Waals surface area contributed by atoms with Crippen LogP contribution in [0.5, 0.6) is 5.75 Å². The van der Waals surface area contributed by atoms with Gasteiger partial charge >= 0.3 is 0 Å². The third-order valence-corrected chi connectivity index (χ3v) is 11.0. The Balaban J connectivity index is 1.42. The number of fused-ring (bicyclic) bond motifs is 13. The van der Waals surface area contributed by atoms with Gasteiger partial charge in [0, 0.05) is 47.2 Å². The Hall–Kier alpha value is -5.27. The lowest BCUT2D eigenvalue weighted by Crippen LogP contribution is -2.35. The van der Waals surface area contributed by atoms with Crippen LogP contribution in [0.25, 0.3) is 39.0 Å². The molecule has 9 rings (SSSR count). The average molecular weight is 612 g/mol. The number of nitriles is 1. The summed E-state index contributed by atoms with van der Waals surface area (Å²) >= 11 is 0. The van der Waals surface area contributed by atoms with Crippen LogP contribution in [0, 0.1) is 11.3 Å². The lowest BCUT2D eigenvalue weighted by molar-refractivity contribution is 0.162. The minimum Gasteiger partial charge on any atom is -0.471 e. The van der Waals surface area contributed by atoms with Crippen molar-refractivity contribution in [2.45, 2.75) is 49.7 Å². The molecule has 6 aromatic rings. The first kappa shape index (κ1) is 28.0. The van der Waals surface area contributed by atoms with E-state index in [2.05, 4.69) is 145 Å². The molecule has 0 N–H and O–H groups in total. The van der Waals surface area contributed by atoms with Crippen molar-refractivity contribution in [1.29, 1.82) is 5.26 Å². The maximum Gasteiger partial charge on any atom is 0.178 e. The van der Waals surface area contributed by atoms with Crippen molar-refractivity contribution in [2.24, 2.45) is 0 Å². The molecule has 1 saturated carbocycles. The first-order valence-electron chi connectivity index (χ1n) is 16.9. The first-order chi connectivity index (χ1) is 23.1. The molecule has 3 atom stereocenters. The van der Waals surface area contributed by atoms with Crippen LogP contribution in [0.4, 0.5) is 5.69 Å². The Bertz CT molecular complexity index is 2250. The summed E-state index contributed by atoms with van der Waals surface area (Å²) in [5.74, 6) is 1.80. The normalized spacial score (nSPS) is 20.9. The van der Waals surface area contributed by atoms with Crippen molar-refractivity contribution >= 4 is 33.6 Å². The minimum atomic E-state index is -0.841. The molecule has 5 aromatic carbocycles. The van der Waals surface area contributed by atoms with Crippen LogP contribution in [0.15, 0.2) is 109 Å². The fourth-order valence-corrected chi connectivity index (χ4v) is 8.94. The molecule has 1 aromatic heterocycles. The van der Waals surface area contributed by atoms with Gasteiger partial charge < -0.3 is 14.2 Å². The van der Waals surface area contributed by atoms with E-state index < -0.39 is 5.60 Å². The van der Waals surface area contributed by atoms with Gasteiger partial charge in [0.15, 0.2) is 11.4 Å². The minimum absolute atomic E-state index is 0.242. The summed E-state index contributed by atoms with van der Waals surface area (Å²) in [4.78, 5) is 2.13. The van der Waals surface area contributed by atoms with E-state index in [0.717, 1.165) is 33.6 Å². The Morgan fingerprint density at radius 2 is 1.53 bits per heavy atom. The van der Waals surface area contributed by atoms with Crippen molar-refractivity contribution in [3.8, 4) is 22.9 Å². The second-order valence-corrected chi connectivity index (χ2v) is 13.6. The maximum atomic E-state index is 10.2. The average Bonchev–Trinajstić information content (AvgIpc) is 3.46. The van der Waals surface area contributed by atoms with Crippen molar-refractivity contribution < 1.29 is 4.74 Å². The van der Waals surface area contributed by atoms with E-state index in [9.17, 15) is 5.26 Å². The van der Waals surface area contributed by atoms with Crippen molar-refractivity contribution in [3.63, 3.8) is 0 Å². The number of aromatic nitrogens is 1. The third kappa shape index (κ3) is 3.99. The summed E-state index contributed by atoms with van der Waals surface area (Å²) in [6.07, 6.45) is 9.53. The monoisotopic (exact) mass is 611 g/mol. The predicted octanol–water partition coefficient (Wildman–Crippen LogP) is 10.2. The number of para-hydroxylation sites is 1. The van der Waals surface area contributed by atoms with Crippen LogP contribution in [-0.2, 0) is 12.1 Å². The summed E-state index contributed by atoms with van der Waals surface area (Å²) < 4.78 is 9.82. The molecule has 0 spiro atoms. The smallest absolute Gasteiger partial charge is 0.178 e. The maximum absolute atomic E-state index is 10.2. The number of rotatable bonds is 4. The van der Waals surface area contributed by atoms with Gasteiger partial charge in [-0.3, -0.25) is 0 Å². The lowest BCUT2D eigenvalue weighted by Gasteiger charge is -2.43. The summed E-state index contributed by atoms with van der Waals surface area (Å²) in [5, 5.41) is 12.6. The van der Waals surface area contributed by atoms with Crippen LogP contribution < -0.4 is 9.64 Å².